The molecule has 0 fully saturated rings. The van der Waals surface area contributed by atoms with Crippen LogP contribution in [0.2, 0.25) is 58.9 Å². The van der Waals surface area contributed by atoms with Gasteiger partial charge < -0.3 is 59.5 Å². The van der Waals surface area contributed by atoms with Gasteiger partial charge >= 0.3 is 81.6 Å². The zero-order chi connectivity index (χ0) is 29.8. The third kappa shape index (κ3) is 17.4. The van der Waals surface area contributed by atoms with Gasteiger partial charge in [-0.2, -0.15) is 0 Å². The van der Waals surface area contributed by atoms with Crippen LogP contribution in [0.15, 0.2) is 0 Å². The van der Waals surface area contributed by atoms with Gasteiger partial charge in [0.05, 0.1) is 0 Å². The molecular formula is C15H50O14Si9. The molecule has 0 spiro atoms. The van der Waals surface area contributed by atoms with Crippen molar-refractivity contribution < 1.29 is 59.5 Å². The van der Waals surface area contributed by atoms with Gasteiger partial charge in [0.15, 0.2) is 0 Å². The van der Waals surface area contributed by atoms with Crippen molar-refractivity contribution >= 4 is 81.6 Å². The first-order valence-corrected chi connectivity index (χ1v) is 31.0. The van der Waals surface area contributed by atoms with Crippen LogP contribution < -0.4 is 0 Å². The van der Waals surface area contributed by atoms with Gasteiger partial charge in [-0.05, 0) is 58.9 Å². The van der Waals surface area contributed by atoms with Gasteiger partial charge in [-0.1, -0.05) is 0 Å². The molecular weight excluding hydrogens is 657 g/mol. The molecule has 0 saturated heterocycles. The van der Waals surface area contributed by atoms with Crippen LogP contribution in [-0.4, -0.2) is 124 Å². The minimum atomic E-state index is -2.87. The molecule has 0 saturated carbocycles. The van der Waals surface area contributed by atoms with Gasteiger partial charge in [0.25, 0.3) is 0 Å². The Kier molecular flexibility index (Phi) is 18.8. The Hall–Kier alpha value is 1.39. The topological polar surface area (TPSA) is 129 Å². The predicted octanol–water partition coefficient (Wildman–Crippen LogP) is 0.524. The Morgan fingerprint density at radius 2 is 0.500 bits per heavy atom. The molecule has 0 heterocycles. The smallest absolute Gasteiger partial charge is 0.418 e. The first-order chi connectivity index (χ1) is 17.4. The zero-order valence-electron chi connectivity index (χ0n) is 25.6. The molecule has 230 valence electrons. The van der Waals surface area contributed by atoms with E-state index in [9.17, 15) is 0 Å². The van der Waals surface area contributed by atoms with Crippen LogP contribution in [0.4, 0.5) is 0 Å². The van der Waals surface area contributed by atoms with Gasteiger partial charge in [0.1, 0.15) is 0 Å². The van der Waals surface area contributed by atoms with Crippen molar-refractivity contribution in [1.29, 1.82) is 0 Å². The lowest BCUT2D eigenvalue weighted by molar-refractivity contribution is 0.161. The van der Waals surface area contributed by atoms with Gasteiger partial charge in [-0.3, -0.25) is 0 Å². The molecule has 1 unspecified atom stereocenters. The van der Waals surface area contributed by atoms with Crippen molar-refractivity contribution in [2.45, 2.75) is 58.9 Å². The number of hydrogen-bond acceptors (Lipinski definition) is 14. The molecule has 23 heteroatoms. The quantitative estimate of drug-likeness (QED) is 0.145. The van der Waals surface area contributed by atoms with Crippen molar-refractivity contribution in [3.05, 3.63) is 0 Å². The highest BCUT2D eigenvalue weighted by Gasteiger charge is 2.45. The maximum atomic E-state index is 6.49. The zero-order valence-corrected chi connectivity index (χ0v) is 35.4. The largest absolute Gasteiger partial charge is 0.474 e. The predicted molar refractivity (Wildman–Crippen MR) is 162 cm³/mol. The van der Waals surface area contributed by atoms with Crippen molar-refractivity contribution in [3.8, 4) is 0 Å². The van der Waals surface area contributed by atoms with E-state index in [1.165, 1.54) is 0 Å². The van der Waals surface area contributed by atoms with E-state index in [1.807, 2.05) is 58.9 Å². The summed E-state index contributed by atoms with van der Waals surface area (Å²) >= 11 is 0. The van der Waals surface area contributed by atoms with Crippen LogP contribution in [0.1, 0.15) is 0 Å². The number of rotatable bonds is 22. The summed E-state index contributed by atoms with van der Waals surface area (Å²) < 4.78 is 82.0. The molecule has 0 rings (SSSR count). The average Bonchev–Trinajstić information content (AvgIpc) is 2.77. The van der Waals surface area contributed by atoms with Gasteiger partial charge in [0, 0.05) is 42.7 Å². The molecule has 1 atom stereocenters. The van der Waals surface area contributed by atoms with E-state index in [-0.39, 0.29) is 0 Å². The Labute approximate surface area is 242 Å². The highest BCUT2D eigenvalue weighted by Crippen LogP contribution is 2.22. The highest BCUT2D eigenvalue weighted by molar-refractivity contribution is 6.84. The summed E-state index contributed by atoms with van der Waals surface area (Å²) in [6, 6.07) is 0. The van der Waals surface area contributed by atoms with Crippen LogP contribution >= 0.6 is 0 Å². The van der Waals surface area contributed by atoms with Crippen LogP contribution in [0.25, 0.3) is 0 Å². The minimum absolute atomic E-state index is 1.55. The van der Waals surface area contributed by atoms with Gasteiger partial charge in [0.2, 0.25) is 0 Å². The SMILES string of the molecule is CO[SiH](OC)O[Si](C)(C)O[SiH](C)O[Si](C)(C)O[SiH](O[Si](C)(C)O[SiH](OC)OC)O[Si](C)(C)O[SiH](OC)OC. The standard InChI is InChI=1S/C15H50O14Si9/c1-16-31(17-2)24-35(8,9)22-30(7)23-36(10,11)27-34(28-37(12,13)25-32(18-3)19-4)29-38(14,15)26-33(20-5)21-6/h30-34H,1-15H3. The second-order valence-corrected chi connectivity index (χ2v) is 34.7. The molecule has 0 radical (unpaired) electrons. The third-order valence-corrected chi connectivity index (χ3v) is 32.1. The summed E-state index contributed by atoms with van der Waals surface area (Å²) in [7, 11) is -13.6. The van der Waals surface area contributed by atoms with Crippen LogP contribution in [0.3, 0.4) is 0 Å². The molecule has 0 aliphatic carbocycles. The van der Waals surface area contributed by atoms with E-state index in [0.29, 0.717) is 0 Å². The summed E-state index contributed by atoms with van der Waals surface area (Å²) in [5, 5.41) is 0. The van der Waals surface area contributed by atoms with Gasteiger partial charge in [-0.15, -0.1) is 0 Å². The Balaban J connectivity index is 5.64. The summed E-state index contributed by atoms with van der Waals surface area (Å²) in [5.41, 5.74) is 0. The fourth-order valence-corrected chi connectivity index (χ4v) is 28.8. The van der Waals surface area contributed by atoms with E-state index in [1.54, 1.807) is 42.7 Å². The van der Waals surface area contributed by atoms with E-state index < -0.39 is 81.6 Å². The fourth-order valence-electron chi connectivity index (χ4n) is 2.97. The fraction of sp³-hybridized carbons (Fsp3) is 1.00. The van der Waals surface area contributed by atoms with E-state index >= 15 is 0 Å². The molecule has 0 aromatic heterocycles. The summed E-state index contributed by atoms with van der Waals surface area (Å²) in [5.74, 6) is 0. The second kappa shape index (κ2) is 18.1. The second-order valence-electron chi connectivity index (χ2n) is 9.68. The Morgan fingerprint density at radius 1 is 0.316 bits per heavy atom. The average molecular weight is 707 g/mol. The van der Waals surface area contributed by atoms with Gasteiger partial charge in [-0.25, -0.2) is 0 Å². The lowest BCUT2D eigenvalue weighted by atomic mass is 11.8. The summed E-state index contributed by atoms with van der Waals surface area (Å²) in [6.45, 7) is 17.2. The lowest BCUT2D eigenvalue weighted by Gasteiger charge is -2.38. The Morgan fingerprint density at radius 3 is 0.711 bits per heavy atom. The summed E-state index contributed by atoms with van der Waals surface area (Å²) in [6.07, 6.45) is 0. The minimum Gasteiger partial charge on any atom is -0.418 e. The van der Waals surface area contributed by atoms with Crippen LogP contribution in [0.5, 0.6) is 0 Å². The molecule has 0 amide bonds. The van der Waals surface area contributed by atoms with E-state index in [0.717, 1.165) is 0 Å². The lowest BCUT2D eigenvalue weighted by Crippen LogP contribution is -2.57. The third-order valence-electron chi connectivity index (χ3n) is 4.33. The van der Waals surface area contributed by atoms with Crippen LogP contribution in [-0.2, 0) is 59.5 Å². The highest BCUT2D eigenvalue weighted by atomic mass is 28.5. The monoisotopic (exact) mass is 706 g/mol. The molecule has 0 aliphatic heterocycles. The van der Waals surface area contributed by atoms with Crippen molar-refractivity contribution in [1.82, 2.24) is 0 Å². The first-order valence-electron chi connectivity index (χ1n) is 12.0. The van der Waals surface area contributed by atoms with E-state index in [2.05, 4.69) is 0 Å². The molecule has 0 aromatic rings. The maximum Gasteiger partial charge on any atom is 0.474 e. The normalized spacial score (nSPS) is 14.9. The molecule has 38 heavy (non-hydrogen) atoms. The molecule has 0 N–H and O–H groups in total. The Bertz CT molecular complexity index is 610. The molecule has 14 nitrogen and oxygen atoms in total. The van der Waals surface area contributed by atoms with Crippen molar-refractivity contribution in [3.63, 3.8) is 0 Å². The molecule has 0 aliphatic rings. The van der Waals surface area contributed by atoms with Crippen LogP contribution in [0, 0.1) is 0 Å². The molecule has 0 aromatic carbocycles. The summed E-state index contributed by atoms with van der Waals surface area (Å²) in [4.78, 5) is 0. The van der Waals surface area contributed by atoms with E-state index in [4.69, 9.17) is 59.5 Å². The molecule has 0 bridgehead atoms. The van der Waals surface area contributed by atoms with Crippen molar-refractivity contribution in [2.75, 3.05) is 42.7 Å². The first kappa shape index (κ1) is 39.4. The maximum absolute atomic E-state index is 6.49. The number of hydrogen-bond donors (Lipinski definition) is 0. The van der Waals surface area contributed by atoms with Crippen molar-refractivity contribution in [2.24, 2.45) is 0 Å².